The molecule has 0 radical (unpaired) electrons. The summed E-state index contributed by atoms with van der Waals surface area (Å²) in [5.41, 5.74) is 5.02. The highest BCUT2D eigenvalue weighted by molar-refractivity contribution is 5.92. The third-order valence-electron chi connectivity index (χ3n) is 1.61. The van der Waals surface area contributed by atoms with Crippen molar-refractivity contribution in [2.45, 2.75) is 47.0 Å². The van der Waals surface area contributed by atoms with E-state index in [2.05, 4.69) is 12.7 Å². The lowest BCUT2D eigenvalue weighted by Gasteiger charge is -1.97. The molecule has 0 atom stereocenters. The number of carbonyl (C=O) groups is 1. The maximum atomic E-state index is 11.1. The molecular weight excluding hydrogens is 148 g/mol. The molecule has 0 aromatic rings. The molecule has 12 heavy (non-hydrogen) atoms. The van der Waals surface area contributed by atoms with Crippen molar-refractivity contribution in [3.63, 3.8) is 0 Å². The van der Waals surface area contributed by atoms with Gasteiger partial charge in [0.2, 0.25) is 0 Å². The van der Waals surface area contributed by atoms with Gasteiger partial charge in [0.1, 0.15) is 0 Å². The van der Waals surface area contributed by atoms with Gasteiger partial charge >= 0.3 is 0 Å². The molecule has 0 fully saturated rings. The Labute approximate surface area is 75.2 Å². The van der Waals surface area contributed by atoms with Crippen molar-refractivity contribution in [1.82, 2.24) is 0 Å². The van der Waals surface area contributed by atoms with Crippen LogP contribution in [0.5, 0.6) is 0 Å². The number of Topliss-reactive ketones (excluding diaryl/α,β-unsaturated/α-hetero) is 1. The Kier molecular flexibility index (Phi) is 5.40. The molecule has 0 aromatic heterocycles. The average molecular weight is 166 g/mol. The van der Waals surface area contributed by atoms with Gasteiger partial charge in [-0.05, 0) is 39.2 Å². The number of carbonyl (C=O) groups excluding carboxylic acids is 1. The van der Waals surface area contributed by atoms with Crippen molar-refractivity contribution in [2.24, 2.45) is 0 Å². The normalized spacial score (nSPS) is 9.00. The Morgan fingerprint density at radius 3 is 2.17 bits per heavy atom. The van der Waals surface area contributed by atoms with E-state index in [0.29, 0.717) is 0 Å². The van der Waals surface area contributed by atoms with Crippen LogP contribution in [0, 0.1) is 0 Å². The van der Waals surface area contributed by atoms with E-state index < -0.39 is 0 Å². The first kappa shape index (κ1) is 11.2. The van der Waals surface area contributed by atoms with Crippen molar-refractivity contribution >= 4 is 5.78 Å². The summed E-state index contributed by atoms with van der Waals surface area (Å²) in [5.74, 6) is 0.157. The van der Waals surface area contributed by atoms with Gasteiger partial charge in [-0.3, -0.25) is 4.79 Å². The van der Waals surface area contributed by atoms with E-state index in [1.54, 1.807) is 6.92 Å². The third-order valence-corrected chi connectivity index (χ3v) is 1.61. The van der Waals surface area contributed by atoms with Gasteiger partial charge < -0.3 is 0 Å². The van der Waals surface area contributed by atoms with E-state index in [9.17, 15) is 4.79 Å². The van der Waals surface area contributed by atoms with E-state index in [0.717, 1.165) is 30.4 Å². The number of hydrogen-bond acceptors (Lipinski definition) is 1. The van der Waals surface area contributed by atoms with E-state index >= 15 is 0 Å². The number of unbranched alkanes of at least 4 members (excludes halogenated alkanes) is 1. The first-order valence-corrected chi connectivity index (χ1v) is 4.51. The van der Waals surface area contributed by atoms with Crippen LogP contribution in [0.15, 0.2) is 16.9 Å². The zero-order valence-corrected chi connectivity index (χ0v) is 8.53. The topological polar surface area (TPSA) is 17.1 Å². The van der Waals surface area contributed by atoms with Crippen LogP contribution in [-0.2, 0) is 4.79 Å². The second-order valence-corrected chi connectivity index (χ2v) is 3.26. The van der Waals surface area contributed by atoms with E-state index in [4.69, 9.17) is 0 Å². The van der Waals surface area contributed by atoms with Crippen LogP contribution in [0.2, 0.25) is 0 Å². The molecule has 0 spiro atoms. The summed E-state index contributed by atoms with van der Waals surface area (Å²) in [7, 11) is 0. The molecule has 0 unspecified atom stereocenters. The predicted octanol–water partition coefficient (Wildman–Crippen LogP) is 3.26. The second-order valence-electron chi connectivity index (χ2n) is 3.26. The van der Waals surface area contributed by atoms with Crippen molar-refractivity contribution in [2.75, 3.05) is 0 Å². The maximum absolute atomic E-state index is 11.1. The number of ketones is 1. The van der Waals surface area contributed by atoms with Crippen LogP contribution in [0.25, 0.3) is 0 Å². The summed E-state index contributed by atoms with van der Waals surface area (Å²) < 4.78 is 0. The molecule has 0 aliphatic carbocycles. The minimum absolute atomic E-state index is 0.157. The molecule has 0 bridgehead atoms. The first-order valence-electron chi connectivity index (χ1n) is 4.51. The smallest absolute Gasteiger partial charge is 0.163 e. The SMILES string of the molecule is CCCCC(=C=C(C)C)C(C)=O. The fraction of sp³-hybridized carbons (Fsp3) is 0.636. The third kappa shape index (κ3) is 4.92. The molecule has 1 heteroatoms. The Morgan fingerprint density at radius 1 is 1.25 bits per heavy atom. The van der Waals surface area contributed by atoms with Gasteiger partial charge in [0, 0.05) is 5.57 Å². The number of hydrogen-bond donors (Lipinski definition) is 0. The highest BCUT2D eigenvalue weighted by atomic mass is 16.1. The Bertz CT molecular complexity index is 213. The Balaban J connectivity index is 4.46. The zero-order chi connectivity index (χ0) is 9.56. The highest BCUT2D eigenvalue weighted by Gasteiger charge is 2.01. The van der Waals surface area contributed by atoms with Gasteiger partial charge in [0.05, 0.1) is 0 Å². The van der Waals surface area contributed by atoms with Crippen LogP contribution >= 0.6 is 0 Å². The monoisotopic (exact) mass is 166 g/mol. The standard InChI is InChI=1S/C11H18O/c1-5-6-7-11(10(4)12)8-9(2)3/h5-7H2,1-4H3. The van der Waals surface area contributed by atoms with Crippen LogP contribution in [0.1, 0.15) is 47.0 Å². The molecule has 0 amide bonds. The predicted molar refractivity (Wildman–Crippen MR) is 52.1 cm³/mol. The van der Waals surface area contributed by atoms with Gasteiger partial charge in [0.25, 0.3) is 0 Å². The summed E-state index contributed by atoms with van der Waals surface area (Å²) in [6, 6.07) is 0. The number of allylic oxidation sites excluding steroid dienone is 1. The molecule has 0 aromatic carbocycles. The molecule has 0 saturated carbocycles. The van der Waals surface area contributed by atoms with Crippen molar-refractivity contribution in [3.05, 3.63) is 16.9 Å². The van der Waals surface area contributed by atoms with Gasteiger partial charge in [-0.2, -0.15) is 0 Å². The van der Waals surface area contributed by atoms with Gasteiger partial charge in [-0.15, -0.1) is 5.73 Å². The summed E-state index contributed by atoms with van der Waals surface area (Å²) in [5, 5.41) is 0. The van der Waals surface area contributed by atoms with E-state index in [1.165, 1.54) is 0 Å². The average Bonchev–Trinajstić information content (AvgIpc) is 1.96. The van der Waals surface area contributed by atoms with Crippen LogP contribution in [-0.4, -0.2) is 5.78 Å². The lowest BCUT2D eigenvalue weighted by atomic mass is 10.1. The van der Waals surface area contributed by atoms with Gasteiger partial charge in [-0.25, -0.2) is 0 Å². The van der Waals surface area contributed by atoms with E-state index in [1.807, 2.05) is 13.8 Å². The second kappa shape index (κ2) is 5.79. The van der Waals surface area contributed by atoms with Crippen LogP contribution < -0.4 is 0 Å². The van der Waals surface area contributed by atoms with Crippen LogP contribution in [0.4, 0.5) is 0 Å². The summed E-state index contributed by atoms with van der Waals surface area (Å²) >= 11 is 0. The minimum atomic E-state index is 0.157. The molecule has 0 saturated heterocycles. The van der Waals surface area contributed by atoms with E-state index in [-0.39, 0.29) is 5.78 Å². The van der Waals surface area contributed by atoms with Crippen LogP contribution in [0.3, 0.4) is 0 Å². The lowest BCUT2D eigenvalue weighted by molar-refractivity contribution is -0.113. The molecule has 0 rings (SSSR count). The minimum Gasteiger partial charge on any atom is -0.294 e. The van der Waals surface area contributed by atoms with Crippen molar-refractivity contribution < 1.29 is 4.79 Å². The van der Waals surface area contributed by atoms with Gasteiger partial charge in [0.15, 0.2) is 5.78 Å². The fourth-order valence-electron chi connectivity index (χ4n) is 0.982. The molecule has 0 aliphatic rings. The molecule has 0 N–H and O–H groups in total. The molecule has 68 valence electrons. The van der Waals surface area contributed by atoms with Gasteiger partial charge in [-0.1, -0.05) is 13.3 Å². The molecule has 0 heterocycles. The van der Waals surface area contributed by atoms with Crippen molar-refractivity contribution in [3.8, 4) is 0 Å². The summed E-state index contributed by atoms with van der Waals surface area (Å²) in [6.07, 6.45) is 3.08. The molecular formula is C11H18O. The fourth-order valence-corrected chi connectivity index (χ4v) is 0.982. The number of rotatable bonds is 4. The Hall–Kier alpha value is -0.810. The molecule has 1 nitrogen and oxygen atoms in total. The highest BCUT2D eigenvalue weighted by Crippen LogP contribution is 2.07. The zero-order valence-electron chi connectivity index (χ0n) is 8.53. The Morgan fingerprint density at radius 2 is 1.83 bits per heavy atom. The maximum Gasteiger partial charge on any atom is 0.163 e. The van der Waals surface area contributed by atoms with Crippen molar-refractivity contribution in [1.29, 1.82) is 0 Å². The lowest BCUT2D eigenvalue weighted by Crippen LogP contribution is -1.95. The largest absolute Gasteiger partial charge is 0.294 e. The summed E-state index contributed by atoms with van der Waals surface area (Å²) in [4.78, 5) is 11.1. The first-order chi connectivity index (χ1) is 5.57. The quantitative estimate of drug-likeness (QED) is 0.463. The molecule has 0 aliphatic heterocycles. The summed E-state index contributed by atoms with van der Waals surface area (Å²) in [6.45, 7) is 7.67.